The summed E-state index contributed by atoms with van der Waals surface area (Å²) in [6.07, 6.45) is 1.50. The molecule has 1 amide bonds. The number of pyridine rings is 1. The summed E-state index contributed by atoms with van der Waals surface area (Å²) in [5, 5.41) is 2.88. The first kappa shape index (κ1) is 11.3. The van der Waals surface area contributed by atoms with Crippen LogP contribution in [0.25, 0.3) is 0 Å². The third-order valence-electron chi connectivity index (χ3n) is 1.55. The van der Waals surface area contributed by atoms with E-state index in [9.17, 15) is 4.79 Å². The zero-order valence-electron chi connectivity index (χ0n) is 8.17. The summed E-state index contributed by atoms with van der Waals surface area (Å²) in [5.74, 6) is 5.41. The second-order valence-electron chi connectivity index (χ2n) is 2.81. The predicted octanol–water partition coefficient (Wildman–Crippen LogP) is 0.805. The van der Waals surface area contributed by atoms with Crippen LogP contribution in [0.15, 0.2) is 12.3 Å². The maximum Gasteiger partial charge on any atom is 0.217 e. The molecule has 0 fully saturated rings. The van der Waals surface area contributed by atoms with Gasteiger partial charge in [0.2, 0.25) is 5.91 Å². The molecule has 0 aliphatic rings. The molecule has 0 atom stereocenters. The highest BCUT2D eigenvalue weighted by molar-refractivity contribution is 6.29. The van der Waals surface area contributed by atoms with Crippen molar-refractivity contribution in [2.24, 2.45) is 0 Å². The summed E-state index contributed by atoms with van der Waals surface area (Å²) < 4.78 is 0. The lowest BCUT2D eigenvalue weighted by molar-refractivity contribution is -0.118. The van der Waals surface area contributed by atoms with Crippen LogP contribution in [0.2, 0.25) is 5.15 Å². The van der Waals surface area contributed by atoms with Crippen LogP contribution in [0.3, 0.4) is 0 Å². The number of carbonyl (C=O) groups is 1. The van der Waals surface area contributed by atoms with Crippen LogP contribution < -0.4 is 11.1 Å². The van der Waals surface area contributed by atoms with Crippen molar-refractivity contribution in [3.63, 3.8) is 0 Å². The maximum absolute atomic E-state index is 10.5. The molecule has 1 aromatic rings. The Morgan fingerprint density at radius 3 is 3.07 bits per heavy atom. The molecule has 0 saturated carbocycles. The fourth-order valence-corrected chi connectivity index (χ4v) is 1.02. The van der Waals surface area contributed by atoms with Crippen LogP contribution in [0.4, 0.5) is 5.69 Å². The number of amides is 1. The maximum atomic E-state index is 10.5. The van der Waals surface area contributed by atoms with E-state index in [1.807, 2.05) is 0 Å². The lowest BCUT2D eigenvalue weighted by Crippen LogP contribution is -2.19. The molecular formula is C10H10ClN3O. The van der Waals surface area contributed by atoms with Crippen LogP contribution >= 0.6 is 11.6 Å². The molecule has 1 aromatic heterocycles. The first-order valence-corrected chi connectivity index (χ1v) is 4.61. The van der Waals surface area contributed by atoms with Gasteiger partial charge >= 0.3 is 0 Å². The molecule has 0 aromatic carbocycles. The molecular weight excluding hydrogens is 214 g/mol. The Morgan fingerprint density at radius 1 is 1.73 bits per heavy atom. The van der Waals surface area contributed by atoms with Crippen molar-refractivity contribution in [3.8, 4) is 11.8 Å². The normalized spacial score (nSPS) is 8.93. The third-order valence-corrected chi connectivity index (χ3v) is 1.76. The average molecular weight is 224 g/mol. The van der Waals surface area contributed by atoms with E-state index in [0.29, 0.717) is 16.4 Å². The van der Waals surface area contributed by atoms with Crippen LogP contribution in [0.1, 0.15) is 12.5 Å². The van der Waals surface area contributed by atoms with Crippen molar-refractivity contribution in [2.75, 3.05) is 12.3 Å². The Morgan fingerprint density at radius 2 is 2.47 bits per heavy atom. The van der Waals surface area contributed by atoms with Crippen molar-refractivity contribution in [1.82, 2.24) is 10.3 Å². The van der Waals surface area contributed by atoms with E-state index in [1.54, 1.807) is 0 Å². The number of nitrogens with one attached hydrogen (secondary N) is 1. The quantitative estimate of drug-likeness (QED) is 0.547. The Labute approximate surface area is 92.8 Å². The number of nitrogen functional groups attached to an aromatic ring is 1. The molecule has 0 aliphatic heterocycles. The second kappa shape index (κ2) is 5.23. The highest BCUT2D eigenvalue weighted by atomic mass is 35.5. The largest absolute Gasteiger partial charge is 0.398 e. The molecule has 0 aliphatic carbocycles. The molecule has 5 heteroatoms. The number of nitrogens with zero attached hydrogens (tertiary/aromatic N) is 1. The topological polar surface area (TPSA) is 68.0 Å². The van der Waals surface area contributed by atoms with Crippen molar-refractivity contribution in [2.45, 2.75) is 6.92 Å². The molecule has 0 saturated heterocycles. The van der Waals surface area contributed by atoms with Gasteiger partial charge < -0.3 is 11.1 Å². The van der Waals surface area contributed by atoms with E-state index in [-0.39, 0.29) is 12.5 Å². The number of nitrogens with two attached hydrogens (primary N) is 1. The molecule has 4 nitrogen and oxygen atoms in total. The highest BCUT2D eigenvalue weighted by Gasteiger charge is 1.96. The van der Waals surface area contributed by atoms with E-state index in [0.717, 1.165) is 0 Å². The van der Waals surface area contributed by atoms with Gasteiger partial charge in [-0.1, -0.05) is 23.4 Å². The van der Waals surface area contributed by atoms with Gasteiger partial charge in [0.05, 0.1) is 17.8 Å². The summed E-state index contributed by atoms with van der Waals surface area (Å²) in [5.41, 5.74) is 6.73. The van der Waals surface area contributed by atoms with Crippen LogP contribution in [0, 0.1) is 11.8 Å². The van der Waals surface area contributed by atoms with Crippen molar-refractivity contribution in [1.29, 1.82) is 0 Å². The standard InChI is InChI=1S/C10H10ClN3O/c1-7(15)13-4-2-3-8-6-14-10(11)5-9(8)12/h5-6H,4H2,1H3,(H2,12,14)(H,13,15). The van der Waals surface area contributed by atoms with E-state index in [1.165, 1.54) is 19.2 Å². The van der Waals surface area contributed by atoms with Crippen LogP contribution in [-0.4, -0.2) is 17.4 Å². The average Bonchev–Trinajstić information content (AvgIpc) is 2.14. The highest BCUT2D eigenvalue weighted by Crippen LogP contribution is 2.13. The first-order valence-electron chi connectivity index (χ1n) is 4.24. The monoisotopic (exact) mass is 223 g/mol. The molecule has 0 unspecified atom stereocenters. The summed E-state index contributed by atoms with van der Waals surface area (Å²) in [6, 6.07) is 1.53. The Hall–Kier alpha value is -1.73. The van der Waals surface area contributed by atoms with Gasteiger partial charge in [-0.15, -0.1) is 0 Å². The minimum atomic E-state index is -0.119. The SMILES string of the molecule is CC(=O)NCC#Cc1cnc(Cl)cc1N. The Balaban J connectivity index is 2.67. The smallest absolute Gasteiger partial charge is 0.217 e. The first-order chi connectivity index (χ1) is 7.09. The predicted molar refractivity (Wildman–Crippen MR) is 59.2 cm³/mol. The summed E-state index contributed by atoms with van der Waals surface area (Å²) >= 11 is 5.62. The lowest BCUT2D eigenvalue weighted by atomic mass is 10.2. The number of aromatic nitrogens is 1. The number of hydrogen-bond acceptors (Lipinski definition) is 3. The number of anilines is 1. The van der Waals surface area contributed by atoms with E-state index in [4.69, 9.17) is 17.3 Å². The van der Waals surface area contributed by atoms with Gasteiger partial charge in [-0.05, 0) is 6.07 Å². The molecule has 3 N–H and O–H groups in total. The van der Waals surface area contributed by atoms with E-state index >= 15 is 0 Å². The van der Waals surface area contributed by atoms with Crippen molar-refractivity contribution < 1.29 is 4.79 Å². The van der Waals surface area contributed by atoms with Gasteiger partial charge in [0, 0.05) is 13.1 Å². The number of carbonyl (C=O) groups excluding carboxylic acids is 1. The summed E-state index contributed by atoms with van der Waals surface area (Å²) in [6.45, 7) is 1.72. The second-order valence-corrected chi connectivity index (χ2v) is 3.19. The van der Waals surface area contributed by atoms with Gasteiger partial charge in [0.1, 0.15) is 5.15 Å². The molecule has 0 radical (unpaired) electrons. The Kier molecular flexibility index (Phi) is 3.95. The zero-order chi connectivity index (χ0) is 11.3. The zero-order valence-corrected chi connectivity index (χ0v) is 8.93. The van der Waals surface area contributed by atoms with Crippen molar-refractivity contribution in [3.05, 3.63) is 23.0 Å². The molecule has 78 valence electrons. The molecule has 1 heterocycles. The van der Waals surface area contributed by atoms with Gasteiger partial charge in [0.25, 0.3) is 0 Å². The van der Waals surface area contributed by atoms with Crippen LogP contribution in [0.5, 0.6) is 0 Å². The number of hydrogen-bond donors (Lipinski definition) is 2. The van der Waals surface area contributed by atoms with Gasteiger partial charge in [0.15, 0.2) is 0 Å². The van der Waals surface area contributed by atoms with E-state index < -0.39 is 0 Å². The van der Waals surface area contributed by atoms with E-state index in [2.05, 4.69) is 22.1 Å². The molecule has 15 heavy (non-hydrogen) atoms. The van der Waals surface area contributed by atoms with Gasteiger partial charge in [-0.25, -0.2) is 4.98 Å². The Bertz CT molecular complexity index is 434. The fourth-order valence-electron chi connectivity index (χ4n) is 0.857. The van der Waals surface area contributed by atoms with Gasteiger partial charge in [-0.3, -0.25) is 4.79 Å². The summed E-state index contributed by atoms with van der Waals surface area (Å²) in [4.78, 5) is 14.4. The summed E-state index contributed by atoms with van der Waals surface area (Å²) in [7, 11) is 0. The van der Waals surface area contributed by atoms with Crippen molar-refractivity contribution >= 4 is 23.2 Å². The number of rotatable bonds is 1. The lowest BCUT2D eigenvalue weighted by Gasteiger charge is -1.97. The molecule has 0 spiro atoms. The minimum Gasteiger partial charge on any atom is -0.398 e. The minimum absolute atomic E-state index is 0.119. The fraction of sp³-hybridized carbons (Fsp3) is 0.200. The van der Waals surface area contributed by atoms with Gasteiger partial charge in [-0.2, -0.15) is 0 Å². The third kappa shape index (κ3) is 3.88. The molecule has 0 bridgehead atoms. The molecule has 1 rings (SSSR count). The van der Waals surface area contributed by atoms with Crippen LogP contribution in [-0.2, 0) is 4.79 Å². The number of halogens is 1.